The van der Waals surface area contributed by atoms with Crippen LogP contribution >= 0.6 is 0 Å². The molecule has 1 fully saturated rings. The molecule has 1 atom stereocenters. The van der Waals surface area contributed by atoms with E-state index in [0.29, 0.717) is 43.5 Å². The number of carbonyl (C=O) groups excluding carboxylic acids is 3. The summed E-state index contributed by atoms with van der Waals surface area (Å²) in [6.07, 6.45) is -2.44. The van der Waals surface area contributed by atoms with Crippen LogP contribution in [-0.4, -0.2) is 62.4 Å². The van der Waals surface area contributed by atoms with E-state index in [2.05, 4.69) is 26.0 Å². The van der Waals surface area contributed by atoms with Gasteiger partial charge in [0.25, 0.3) is 0 Å². The normalized spacial score (nSPS) is 16.6. The molecule has 1 heterocycles. The van der Waals surface area contributed by atoms with E-state index in [-0.39, 0.29) is 35.6 Å². The Bertz CT molecular complexity index is 1960. The quantitative estimate of drug-likeness (QED) is 0.107. The number of amides is 3. The number of alkyl carbamates (subject to hydrolysis) is 1. The molecule has 286 valence electrons. The number of nitrogens with zero attached hydrogens (tertiary/aromatic N) is 2. The number of ether oxygens (including phenoxy) is 1. The third kappa shape index (κ3) is 10.7. The summed E-state index contributed by atoms with van der Waals surface area (Å²) < 4.78 is 44.3. The van der Waals surface area contributed by atoms with Gasteiger partial charge in [-0.05, 0) is 118 Å². The fourth-order valence-corrected chi connectivity index (χ4v) is 6.30. The number of carboxylic acids is 1. The van der Waals surface area contributed by atoms with Gasteiger partial charge in [-0.1, -0.05) is 30.3 Å². The minimum atomic E-state index is -4.68. The Kier molecular flexibility index (Phi) is 12.1. The number of carboxylic acid groups (broad SMARTS) is 1. The molecule has 0 radical (unpaired) electrons. The van der Waals surface area contributed by atoms with Crippen LogP contribution in [0.1, 0.15) is 73.8 Å². The van der Waals surface area contributed by atoms with Crippen molar-refractivity contribution in [1.82, 2.24) is 25.8 Å². The van der Waals surface area contributed by atoms with Crippen molar-refractivity contribution in [1.29, 1.82) is 0 Å². The first-order chi connectivity index (χ1) is 25.4. The summed E-state index contributed by atoms with van der Waals surface area (Å²) in [6, 6.07) is 17.3. The molecular weight excluding hydrogens is 705 g/mol. The number of aromatic nitrogens is 3. The van der Waals surface area contributed by atoms with Crippen molar-refractivity contribution in [3.05, 3.63) is 89.2 Å². The Morgan fingerprint density at radius 3 is 2.15 bits per heavy atom. The Morgan fingerprint density at radius 2 is 1.57 bits per heavy atom. The van der Waals surface area contributed by atoms with Crippen LogP contribution in [0.2, 0.25) is 0 Å². The van der Waals surface area contributed by atoms with Gasteiger partial charge in [0.05, 0.1) is 5.56 Å². The van der Waals surface area contributed by atoms with Gasteiger partial charge in [0, 0.05) is 30.1 Å². The zero-order valence-electron chi connectivity index (χ0n) is 30.3. The second-order valence-corrected chi connectivity index (χ2v) is 14.5. The monoisotopic (exact) mass is 748 g/mol. The molecule has 0 aliphatic heterocycles. The predicted octanol–water partition coefficient (Wildman–Crippen LogP) is 7.16. The Hall–Kier alpha value is -5.73. The fraction of sp³-hybridized carbons (Fsp3) is 0.385. The molecule has 1 aliphatic carbocycles. The minimum Gasteiger partial charge on any atom is -0.478 e. The molecule has 0 saturated heterocycles. The van der Waals surface area contributed by atoms with Gasteiger partial charge in [-0.25, -0.2) is 14.6 Å². The number of aromatic amines is 1. The number of benzene rings is 3. The van der Waals surface area contributed by atoms with Crippen molar-refractivity contribution in [2.24, 2.45) is 11.8 Å². The van der Waals surface area contributed by atoms with Gasteiger partial charge in [-0.15, -0.1) is 0 Å². The van der Waals surface area contributed by atoms with Gasteiger partial charge < -0.3 is 25.8 Å². The maximum Gasteiger partial charge on any atom is 0.451 e. The average molecular weight is 749 g/mol. The number of hydrogen-bond acceptors (Lipinski definition) is 7. The summed E-state index contributed by atoms with van der Waals surface area (Å²) in [4.78, 5) is 54.3. The van der Waals surface area contributed by atoms with E-state index in [1.54, 1.807) is 32.9 Å². The molecule has 12 nitrogen and oxygen atoms in total. The molecule has 4 aromatic rings. The number of halogens is 3. The highest BCUT2D eigenvalue weighted by molar-refractivity contribution is 5.98. The number of anilines is 1. The Morgan fingerprint density at radius 1 is 0.926 bits per heavy atom. The van der Waals surface area contributed by atoms with E-state index in [0.717, 1.165) is 22.3 Å². The number of H-pyrrole nitrogens is 1. The largest absolute Gasteiger partial charge is 0.478 e. The molecule has 3 amide bonds. The fourth-order valence-electron chi connectivity index (χ4n) is 6.30. The highest BCUT2D eigenvalue weighted by atomic mass is 19.4. The van der Waals surface area contributed by atoms with Crippen molar-refractivity contribution >= 4 is 29.6 Å². The molecule has 3 aromatic carbocycles. The summed E-state index contributed by atoms with van der Waals surface area (Å²) in [5.41, 5.74) is 3.49. The third-order valence-corrected chi connectivity index (χ3v) is 9.13. The summed E-state index contributed by atoms with van der Waals surface area (Å²) in [6.45, 7) is 7.64. The lowest BCUT2D eigenvalue weighted by Gasteiger charge is -2.29. The van der Waals surface area contributed by atoms with E-state index in [4.69, 9.17) is 4.74 Å². The molecule has 15 heteroatoms. The first kappa shape index (κ1) is 39.5. The second-order valence-electron chi connectivity index (χ2n) is 14.5. The van der Waals surface area contributed by atoms with Crippen LogP contribution in [0.25, 0.3) is 22.5 Å². The van der Waals surface area contributed by atoms with Gasteiger partial charge in [0.15, 0.2) is 5.82 Å². The van der Waals surface area contributed by atoms with Gasteiger partial charge in [-0.2, -0.15) is 18.3 Å². The lowest BCUT2D eigenvalue weighted by molar-refractivity contribution is -0.144. The van der Waals surface area contributed by atoms with Crippen molar-refractivity contribution in [3.8, 4) is 22.5 Å². The maximum atomic E-state index is 13.7. The van der Waals surface area contributed by atoms with Crippen LogP contribution in [0.15, 0.2) is 66.7 Å². The van der Waals surface area contributed by atoms with Gasteiger partial charge in [-0.3, -0.25) is 14.7 Å². The minimum absolute atomic E-state index is 0.152. The summed E-state index contributed by atoms with van der Waals surface area (Å²) in [5.74, 6) is -3.30. The average Bonchev–Trinajstić information content (AvgIpc) is 3.62. The molecule has 54 heavy (non-hydrogen) atoms. The lowest BCUT2D eigenvalue weighted by Crippen LogP contribution is -2.48. The topological polar surface area (TPSA) is 175 Å². The molecule has 1 aromatic heterocycles. The standard InChI is InChI=1S/C39H43F3N6O6/c1-22-19-28(35(51)52)15-18-30(22)25-9-5-23(6-10-25)20-31(45-33(49)27-11-7-24(8-12-27)21-43-37(53)54-38(2,3)4)34(50)44-29-16-13-26(14-17-29)32-46-36(48-47-32)39(40,41)42/h5-6,9-10,13-19,24,27,31H,7-8,11-12,20-21H2,1-4H3,(H,43,53)(H,44,50)(H,45,49)(H,51,52)(H,46,47,48)/t24?,27?,31-/m0/s1. The molecule has 5 N–H and O–H groups in total. The molecule has 0 bridgehead atoms. The number of rotatable bonds is 11. The number of hydrogen-bond donors (Lipinski definition) is 5. The maximum absolute atomic E-state index is 13.7. The molecule has 1 saturated carbocycles. The van der Waals surface area contributed by atoms with Crippen molar-refractivity contribution in [2.75, 3.05) is 11.9 Å². The zero-order valence-corrected chi connectivity index (χ0v) is 30.3. The van der Waals surface area contributed by atoms with E-state index >= 15 is 0 Å². The number of aromatic carboxylic acids is 1. The third-order valence-electron chi connectivity index (χ3n) is 9.13. The molecule has 0 spiro atoms. The number of carbonyl (C=O) groups is 4. The summed E-state index contributed by atoms with van der Waals surface area (Å²) >= 11 is 0. The van der Waals surface area contributed by atoms with Crippen LogP contribution in [0.5, 0.6) is 0 Å². The first-order valence-corrected chi connectivity index (χ1v) is 17.6. The van der Waals surface area contributed by atoms with Gasteiger partial charge >= 0.3 is 18.2 Å². The predicted molar refractivity (Wildman–Crippen MR) is 194 cm³/mol. The highest BCUT2D eigenvalue weighted by Gasteiger charge is 2.35. The smallest absolute Gasteiger partial charge is 0.451 e. The molecule has 5 rings (SSSR count). The lowest BCUT2D eigenvalue weighted by atomic mass is 9.81. The van der Waals surface area contributed by atoms with E-state index < -0.39 is 41.6 Å². The Labute approximate surface area is 310 Å². The number of nitrogens with one attached hydrogen (secondary N) is 4. The first-order valence-electron chi connectivity index (χ1n) is 17.6. The van der Waals surface area contributed by atoms with Crippen molar-refractivity contribution in [2.45, 2.75) is 77.6 Å². The number of alkyl halides is 3. The van der Waals surface area contributed by atoms with Crippen molar-refractivity contribution in [3.63, 3.8) is 0 Å². The van der Waals surface area contributed by atoms with Gasteiger partial charge in [0.2, 0.25) is 17.6 Å². The van der Waals surface area contributed by atoms with Gasteiger partial charge in [0.1, 0.15) is 11.6 Å². The molecule has 1 aliphatic rings. The highest BCUT2D eigenvalue weighted by Crippen LogP contribution is 2.30. The SMILES string of the molecule is Cc1cc(C(=O)O)ccc1-c1ccc(C[C@H](NC(=O)C2CCC(CNC(=O)OC(C)(C)C)CC2)C(=O)Nc2ccc(-c3n[nH]c(C(F)(F)F)n3)cc2)cc1. The molecule has 0 unspecified atom stereocenters. The van der Waals surface area contributed by atoms with E-state index in [1.165, 1.54) is 30.3 Å². The Balaban J connectivity index is 1.27. The van der Waals surface area contributed by atoms with E-state index in [1.807, 2.05) is 36.3 Å². The van der Waals surface area contributed by atoms with Crippen LogP contribution in [0.3, 0.4) is 0 Å². The second kappa shape index (κ2) is 16.5. The summed E-state index contributed by atoms with van der Waals surface area (Å²) in [7, 11) is 0. The van der Waals surface area contributed by atoms with E-state index in [9.17, 15) is 37.5 Å². The summed E-state index contributed by atoms with van der Waals surface area (Å²) in [5, 5.41) is 23.4. The zero-order chi connectivity index (χ0) is 39.2. The van der Waals surface area contributed by atoms with Crippen molar-refractivity contribution < 1.29 is 42.2 Å². The number of aryl methyl sites for hydroxylation is 1. The van der Waals surface area contributed by atoms with Crippen LogP contribution in [-0.2, 0) is 26.9 Å². The van der Waals surface area contributed by atoms with Crippen LogP contribution in [0.4, 0.5) is 23.7 Å². The molecular formula is C39H43F3N6O6. The van der Waals surface area contributed by atoms with Crippen LogP contribution in [0, 0.1) is 18.8 Å². The van der Waals surface area contributed by atoms with Crippen LogP contribution < -0.4 is 16.0 Å².